The third kappa shape index (κ3) is 4.83. The van der Waals surface area contributed by atoms with E-state index < -0.39 is 0 Å². The van der Waals surface area contributed by atoms with Gasteiger partial charge in [0.05, 0.1) is 26.3 Å². The second-order valence-electron chi connectivity index (χ2n) is 6.75. The molecule has 0 radical (unpaired) electrons. The SMILES string of the molecule is Cc1nc(C)c(-c2csc(Cc3ccc([C@@H](C)Oc4ccc(Cl)cc4)cn3)n2)s1. The fourth-order valence-corrected chi connectivity index (χ4v) is 4.87. The van der Waals surface area contributed by atoms with Gasteiger partial charge >= 0.3 is 0 Å². The number of pyridine rings is 1. The highest BCUT2D eigenvalue weighted by Crippen LogP contribution is 2.31. The molecule has 3 aromatic heterocycles. The predicted octanol–water partition coefficient (Wildman–Crippen LogP) is 6.66. The first kappa shape index (κ1) is 20.0. The van der Waals surface area contributed by atoms with Gasteiger partial charge in [-0.25, -0.2) is 9.97 Å². The Morgan fingerprint density at radius 2 is 1.86 bits per heavy atom. The summed E-state index contributed by atoms with van der Waals surface area (Å²) in [5.41, 5.74) is 4.07. The summed E-state index contributed by atoms with van der Waals surface area (Å²) in [5, 5.41) is 4.92. The van der Waals surface area contributed by atoms with E-state index in [0.29, 0.717) is 11.4 Å². The summed E-state index contributed by atoms with van der Waals surface area (Å²) in [6, 6.07) is 11.5. The van der Waals surface area contributed by atoms with Crippen molar-refractivity contribution in [2.75, 3.05) is 0 Å². The number of halogens is 1. The van der Waals surface area contributed by atoms with Crippen molar-refractivity contribution < 1.29 is 4.74 Å². The minimum Gasteiger partial charge on any atom is -0.486 e. The van der Waals surface area contributed by atoms with Crippen molar-refractivity contribution in [1.82, 2.24) is 15.0 Å². The summed E-state index contributed by atoms with van der Waals surface area (Å²) >= 11 is 9.27. The molecule has 4 nitrogen and oxygen atoms in total. The van der Waals surface area contributed by atoms with Gasteiger partial charge in [0.1, 0.15) is 11.9 Å². The molecule has 0 saturated carbocycles. The number of thiazole rings is 2. The minimum atomic E-state index is -0.0956. The zero-order chi connectivity index (χ0) is 20.4. The number of aryl methyl sites for hydroxylation is 2. The van der Waals surface area contributed by atoms with Gasteiger partial charge in [-0.1, -0.05) is 17.7 Å². The van der Waals surface area contributed by atoms with Crippen LogP contribution in [-0.2, 0) is 6.42 Å². The van der Waals surface area contributed by atoms with Gasteiger partial charge in [0.25, 0.3) is 0 Å². The molecule has 0 N–H and O–H groups in total. The molecule has 29 heavy (non-hydrogen) atoms. The molecule has 0 aliphatic rings. The van der Waals surface area contributed by atoms with Crippen molar-refractivity contribution in [3.05, 3.63) is 80.0 Å². The average Bonchev–Trinajstić information content (AvgIpc) is 3.29. The van der Waals surface area contributed by atoms with E-state index >= 15 is 0 Å². The number of benzene rings is 1. The van der Waals surface area contributed by atoms with Gasteiger partial charge < -0.3 is 4.74 Å². The molecule has 3 heterocycles. The summed E-state index contributed by atoms with van der Waals surface area (Å²) in [5.74, 6) is 0.787. The van der Waals surface area contributed by atoms with Crippen LogP contribution >= 0.6 is 34.3 Å². The van der Waals surface area contributed by atoms with Crippen molar-refractivity contribution in [3.8, 4) is 16.3 Å². The lowest BCUT2D eigenvalue weighted by atomic mass is 10.1. The number of hydrogen-bond donors (Lipinski definition) is 0. The lowest BCUT2D eigenvalue weighted by Crippen LogP contribution is -2.04. The van der Waals surface area contributed by atoms with Crippen LogP contribution in [0.4, 0.5) is 0 Å². The van der Waals surface area contributed by atoms with E-state index in [4.69, 9.17) is 21.3 Å². The van der Waals surface area contributed by atoms with Crippen LogP contribution in [0, 0.1) is 13.8 Å². The third-order valence-electron chi connectivity index (χ3n) is 4.46. The zero-order valence-electron chi connectivity index (χ0n) is 16.3. The lowest BCUT2D eigenvalue weighted by molar-refractivity contribution is 0.226. The van der Waals surface area contributed by atoms with E-state index in [1.807, 2.05) is 57.3 Å². The van der Waals surface area contributed by atoms with Crippen LogP contribution < -0.4 is 4.74 Å². The maximum absolute atomic E-state index is 5.97. The highest BCUT2D eigenvalue weighted by atomic mass is 35.5. The van der Waals surface area contributed by atoms with Crippen LogP contribution in [-0.4, -0.2) is 15.0 Å². The molecular weight excluding hydrogens is 422 g/mol. The molecule has 0 aliphatic carbocycles. The van der Waals surface area contributed by atoms with Crippen molar-refractivity contribution in [2.45, 2.75) is 33.3 Å². The topological polar surface area (TPSA) is 47.9 Å². The fourth-order valence-electron chi connectivity index (χ4n) is 2.99. The first-order chi connectivity index (χ1) is 14.0. The first-order valence-electron chi connectivity index (χ1n) is 9.24. The van der Waals surface area contributed by atoms with Gasteiger partial charge in [0.2, 0.25) is 0 Å². The molecule has 4 aromatic rings. The minimum absolute atomic E-state index is 0.0956. The van der Waals surface area contributed by atoms with E-state index in [0.717, 1.165) is 43.3 Å². The Morgan fingerprint density at radius 3 is 2.52 bits per heavy atom. The van der Waals surface area contributed by atoms with Gasteiger partial charge in [0, 0.05) is 34.3 Å². The van der Waals surface area contributed by atoms with Crippen molar-refractivity contribution >= 4 is 34.3 Å². The Balaban J connectivity index is 1.42. The van der Waals surface area contributed by atoms with Crippen LogP contribution in [0.5, 0.6) is 5.75 Å². The Morgan fingerprint density at radius 1 is 1.07 bits per heavy atom. The molecule has 0 saturated heterocycles. The molecular formula is C22H20ClN3OS2. The van der Waals surface area contributed by atoms with Crippen LogP contribution in [0.25, 0.3) is 10.6 Å². The van der Waals surface area contributed by atoms with Gasteiger partial charge in [-0.3, -0.25) is 4.98 Å². The van der Waals surface area contributed by atoms with Crippen LogP contribution in [0.15, 0.2) is 48.0 Å². The van der Waals surface area contributed by atoms with Gasteiger partial charge in [-0.05, 0) is 51.1 Å². The molecule has 1 aromatic carbocycles. The Labute approximate surface area is 183 Å². The second kappa shape index (κ2) is 8.61. The number of nitrogens with zero attached hydrogens (tertiary/aromatic N) is 3. The number of aromatic nitrogens is 3. The van der Waals surface area contributed by atoms with E-state index in [1.165, 1.54) is 0 Å². The monoisotopic (exact) mass is 441 g/mol. The standard InChI is InChI=1S/C22H20ClN3OS2/c1-13-22(29-15(3)25-13)20-12-28-21(26-20)10-18-7-4-16(11-24-18)14(2)27-19-8-5-17(23)6-9-19/h4-9,11-12,14H,10H2,1-3H3/t14-/m1/s1. The summed E-state index contributed by atoms with van der Waals surface area (Å²) in [6.07, 6.45) is 2.50. The summed E-state index contributed by atoms with van der Waals surface area (Å²) in [7, 11) is 0. The van der Waals surface area contributed by atoms with Crippen LogP contribution in [0.2, 0.25) is 5.02 Å². The highest BCUT2D eigenvalue weighted by molar-refractivity contribution is 7.15. The molecule has 0 spiro atoms. The maximum Gasteiger partial charge on any atom is 0.122 e. The maximum atomic E-state index is 5.97. The van der Waals surface area contributed by atoms with Crippen LogP contribution in [0.1, 0.15) is 40.0 Å². The van der Waals surface area contributed by atoms with Gasteiger partial charge in [-0.15, -0.1) is 22.7 Å². The normalized spacial score (nSPS) is 12.1. The predicted molar refractivity (Wildman–Crippen MR) is 120 cm³/mol. The molecule has 0 aliphatic heterocycles. The van der Waals surface area contributed by atoms with Gasteiger partial charge in [-0.2, -0.15) is 0 Å². The van der Waals surface area contributed by atoms with Crippen molar-refractivity contribution in [1.29, 1.82) is 0 Å². The number of rotatable bonds is 6. The average molecular weight is 442 g/mol. The Bertz CT molecular complexity index is 1100. The number of hydrogen-bond acceptors (Lipinski definition) is 6. The first-order valence-corrected chi connectivity index (χ1v) is 11.3. The summed E-state index contributed by atoms with van der Waals surface area (Å²) < 4.78 is 5.97. The van der Waals surface area contributed by atoms with E-state index in [2.05, 4.69) is 21.4 Å². The fraction of sp³-hybridized carbons (Fsp3) is 0.227. The molecule has 0 fully saturated rings. The highest BCUT2D eigenvalue weighted by Gasteiger charge is 2.13. The molecule has 4 rings (SSSR count). The van der Waals surface area contributed by atoms with E-state index in [-0.39, 0.29) is 6.10 Å². The smallest absolute Gasteiger partial charge is 0.122 e. The summed E-state index contributed by atoms with van der Waals surface area (Å²) in [6.45, 7) is 6.07. The Kier molecular flexibility index (Phi) is 5.94. The quantitative estimate of drug-likeness (QED) is 0.335. The zero-order valence-corrected chi connectivity index (χ0v) is 18.7. The van der Waals surface area contributed by atoms with Crippen LogP contribution in [0.3, 0.4) is 0 Å². The van der Waals surface area contributed by atoms with E-state index in [1.54, 1.807) is 22.7 Å². The van der Waals surface area contributed by atoms with E-state index in [9.17, 15) is 0 Å². The van der Waals surface area contributed by atoms with Crippen molar-refractivity contribution in [2.24, 2.45) is 0 Å². The third-order valence-corrected chi connectivity index (χ3v) is 6.66. The van der Waals surface area contributed by atoms with Crippen molar-refractivity contribution in [3.63, 3.8) is 0 Å². The molecule has 148 valence electrons. The van der Waals surface area contributed by atoms with Gasteiger partial charge in [0.15, 0.2) is 0 Å². The second-order valence-corrected chi connectivity index (χ2v) is 9.33. The largest absolute Gasteiger partial charge is 0.486 e. The molecule has 0 bridgehead atoms. The molecule has 0 amide bonds. The number of ether oxygens (including phenoxy) is 1. The molecule has 7 heteroatoms. The summed E-state index contributed by atoms with van der Waals surface area (Å²) in [4.78, 5) is 15.0. The molecule has 1 atom stereocenters. The Hall–Kier alpha value is -2.28. The lowest BCUT2D eigenvalue weighted by Gasteiger charge is -2.15. The molecule has 0 unspecified atom stereocenters.